The zero-order valence-corrected chi connectivity index (χ0v) is 27.3. The van der Waals surface area contributed by atoms with Gasteiger partial charge in [-0.3, -0.25) is 0 Å². The minimum absolute atomic E-state index is 0.0445. The zero-order valence-electron chi connectivity index (χ0n) is 24.1. The van der Waals surface area contributed by atoms with Crippen molar-refractivity contribution in [3.8, 4) is 5.75 Å². The third-order valence-electron chi connectivity index (χ3n) is 6.66. The van der Waals surface area contributed by atoms with Crippen LogP contribution in [0.25, 0.3) is 0 Å². The van der Waals surface area contributed by atoms with Gasteiger partial charge >= 0.3 is 248 Å². The van der Waals surface area contributed by atoms with Crippen molar-refractivity contribution < 1.29 is 26.5 Å². The summed E-state index contributed by atoms with van der Waals surface area (Å²) in [5.74, 6) is 0.511. The van der Waals surface area contributed by atoms with Gasteiger partial charge in [-0.1, -0.05) is 0 Å². The van der Waals surface area contributed by atoms with E-state index in [1.54, 1.807) is 6.07 Å². The number of ether oxygens (including phenoxy) is 1. The topological polar surface area (TPSA) is 60.0 Å². The van der Waals surface area contributed by atoms with E-state index in [1.165, 1.54) is 23.3 Å². The number of rotatable bonds is 6. The van der Waals surface area contributed by atoms with Gasteiger partial charge in [0.05, 0.1) is 0 Å². The molecule has 0 aliphatic carbocycles. The van der Waals surface area contributed by atoms with Gasteiger partial charge in [0.15, 0.2) is 0 Å². The number of aryl methyl sites for hydroxylation is 6. The maximum atomic E-state index is 11.7. The van der Waals surface area contributed by atoms with Crippen LogP contribution in [-0.2, 0) is 11.9 Å². The molecule has 0 aromatic heterocycles. The summed E-state index contributed by atoms with van der Waals surface area (Å²) in [6.07, 6.45) is 4.00. The quantitative estimate of drug-likeness (QED) is 0.172. The van der Waals surface area contributed by atoms with Crippen molar-refractivity contribution in [3.05, 3.63) is 104 Å². The molecular weight excluding hydrogens is 634 g/mol. The maximum absolute atomic E-state index is 11.7. The number of benzene rings is 3. The van der Waals surface area contributed by atoms with Crippen LogP contribution in [0.3, 0.4) is 0 Å². The van der Waals surface area contributed by atoms with Gasteiger partial charge in [-0.25, -0.2) is 0 Å². The van der Waals surface area contributed by atoms with E-state index >= 15 is 0 Å². The molecule has 0 saturated heterocycles. The number of hydrogen-bond acceptors (Lipinski definition) is 4. The Balaban J connectivity index is 2.09. The number of nitrogens with one attached hydrogen (secondary N) is 1. The van der Waals surface area contributed by atoms with Crippen molar-refractivity contribution in [1.29, 1.82) is 0 Å². The molecule has 1 unspecified atom stereocenters. The Hall–Kier alpha value is -2.70. The van der Waals surface area contributed by atoms with E-state index < -0.39 is 16.8 Å². The molecule has 0 spiro atoms. The molecule has 3 aromatic carbocycles. The molecule has 6 nitrogen and oxygen atoms in total. The van der Waals surface area contributed by atoms with Crippen molar-refractivity contribution in [2.75, 3.05) is 4.90 Å². The monoisotopic (exact) mass is 670 g/mol. The van der Waals surface area contributed by atoms with Crippen molar-refractivity contribution in [3.63, 3.8) is 0 Å². The van der Waals surface area contributed by atoms with E-state index in [0.29, 0.717) is 11.3 Å². The summed E-state index contributed by atoms with van der Waals surface area (Å²) in [4.78, 5) is 14.3. The van der Waals surface area contributed by atoms with Crippen molar-refractivity contribution in [2.24, 2.45) is 0 Å². The summed E-state index contributed by atoms with van der Waals surface area (Å²) in [5.41, 5.74) is 9.47. The number of quaternary nitrogens is 1. The Kier molecular flexibility index (Phi) is 8.82. The van der Waals surface area contributed by atoms with Crippen molar-refractivity contribution >= 4 is 45.4 Å². The van der Waals surface area contributed by atoms with Crippen LogP contribution in [0, 0.1) is 51.7 Å². The van der Waals surface area contributed by atoms with Crippen LogP contribution in [0.15, 0.2) is 54.9 Å². The molecule has 0 fully saturated rings. The number of halogens is 2. The first-order valence-electron chi connectivity index (χ1n) is 13.0. The molecule has 9 heteroatoms. The van der Waals surface area contributed by atoms with Gasteiger partial charge in [-0.15, -0.1) is 0 Å². The molecule has 0 bridgehead atoms. The summed E-state index contributed by atoms with van der Waals surface area (Å²) >= 11 is -3.93. The Morgan fingerprint density at radius 2 is 1.48 bits per heavy atom. The number of anilines is 1. The third kappa shape index (κ3) is 6.13. The molecule has 4 rings (SSSR count). The molecule has 1 N–H and O–H groups in total. The minimum atomic E-state index is -3.93. The van der Waals surface area contributed by atoms with Crippen molar-refractivity contribution in [1.82, 2.24) is 0 Å². The number of hydrogen-bond donors (Lipinski definition) is 1. The number of nitrogens with zero attached hydrogens (tertiary/aromatic N) is 2. The van der Waals surface area contributed by atoms with Crippen LogP contribution in [0.5, 0.6) is 5.75 Å². The first-order chi connectivity index (χ1) is 18.7. The van der Waals surface area contributed by atoms with Crippen LogP contribution in [-0.4, -0.2) is 20.0 Å². The van der Waals surface area contributed by atoms with E-state index in [-0.39, 0.29) is 11.8 Å². The first-order valence-corrected chi connectivity index (χ1v) is 19.3. The Morgan fingerprint density at radius 1 is 0.925 bits per heavy atom. The second kappa shape index (κ2) is 11.7. The molecule has 1 heterocycles. The number of nitro groups is 1. The van der Waals surface area contributed by atoms with E-state index in [9.17, 15) is 10.1 Å². The number of nitro benzene ring substituents is 1. The van der Waals surface area contributed by atoms with E-state index in [4.69, 9.17) is 24.1 Å². The molecule has 1 atom stereocenters. The van der Waals surface area contributed by atoms with Crippen LogP contribution in [0.1, 0.15) is 52.8 Å². The van der Waals surface area contributed by atoms with E-state index in [2.05, 4.69) is 76.9 Å². The Labute approximate surface area is 246 Å². The second-order valence-corrected chi connectivity index (χ2v) is 19.9. The molecular formula is C31H36Cl2N3O3Ru+. The molecule has 0 saturated carbocycles. The van der Waals surface area contributed by atoms with E-state index in [0.717, 1.165) is 42.9 Å². The van der Waals surface area contributed by atoms with Gasteiger partial charge in [0.2, 0.25) is 0 Å². The summed E-state index contributed by atoms with van der Waals surface area (Å²) in [6.45, 7) is 16.4. The average molecular weight is 671 g/mol. The molecule has 1 aliphatic heterocycles. The summed E-state index contributed by atoms with van der Waals surface area (Å²) < 4.78 is 8.67. The van der Waals surface area contributed by atoms with Gasteiger partial charge in [-0.05, 0) is 0 Å². The number of non-ortho nitro benzene ring substituents is 1. The molecule has 1 aliphatic rings. The standard InChI is InChI=1S/C21H25N2.C10H11NO3.2ClH.Ru/c1-14-9-16(3)20(17(4)10-14)22-7-8-23(13-22)21-18(5)11-15(2)12-19(21)6;1-7(2)14-10-5-4-9(11(12)13)6-8(10)3;;;/h7-12,22H,1-6H3;3-7H,1-2H3;2*1H;/q+1;;;;+2/p-2. The first kappa shape index (κ1) is 30.3. The summed E-state index contributed by atoms with van der Waals surface area (Å²) in [5, 5.41) is 11.7. The van der Waals surface area contributed by atoms with E-state index in [1.807, 2.05) is 24.7 Å². The van der Waals surface area contributed by atoms with Gasteiger partial charge < -0.3 is 0 Å². The van der Waals surface area contributed by atoms with Gasteiger partial charge in [0.25, 0.3) is 0 Å². The molecule has 0 amide bonds. The van der Waals surface area contributed by atoms with Gasteiger partial charge in [0, 0.05) is 0 Å². The Bertz CT molecular complexity index is 1550. The molecule has 3 aromatic rings. The summed E-state index contributed by atoms with van der Waals surface area (Å²) in [6, 6.07) is 13.2. The average Bonchev–Trinajstić information content (AvgIpc) is 3.23. The van der Waals surface area contributed by atoms with Gasteiger partial charge in [0.1, 0.15) is 0 Å². The van der Waals surface area contributed by atoms with Crippen LogP contribution < -0.4 is 14.5 Å². The fourth-order valence-electron chi connectivity index (χ4n) is 5.44. The molecule has 214 valence electrons. The van der Waals surface area contributed by atoms with Gasteiger partial charge in [-0.2, -0.15) is 0 Å². The van der Waals surface area contributed by atoms with Crippen LogP contribution in [0.4, 0.5) is 17.1 Å². The molecule has 0 radical (unpaired) electrons. The molecule has 40 heavy (non-hydrogen) atoms. The fourth-order valence-corrected chi connectivity index (χ4v) is 11.2. The predicted octanol–water partition coefficient (Wildman–Crippen LogP) is 7.14. The zero-order chi connectivity index (χ0) is 29.5. The summed E-state index contributed by atoms with van der Waals surface area (Å²) in [7, 11) is 15.0. The normalized spacial score (nSPS) is 15.6. The fraction of sp³-hybridized carbons (Fsp3) is 0.290. The predicted molar refractivity (Wildman–Crippen MR) is 164 cm³/mol. The van der Waals surface area contributed by atoms with Crippen molar-refractivity contribution in [2.45, 2.75) is 61.5 Å². The second-order valence-electron chi connectivity index (χ2n) is 10.6. The third-order valence-corrected chi connectivity index (χ3v) is 12.2. The van der Waals surface area contributed by atoms with Crippen LogP contribution >= 0.6 is 19.4 Å². The van der Waals surface area contributed by atoms with Crippen LogP contribution in [0.2, 0.25) is 0 Å². The SMILES string of the molecule is Cc1cc(C)c(N2C=C[NH+](c3c(C)cc(C)cc3C)[C]2=[Ru]([Cl])([Cl])=[CH]c2cc([N+](=O)[O-])ccc2OC(C)C)c(C)c1. The Morgan fingerprint density at radius 3 is 2.00 bits per heavy atom.